The highest BCUT2D eigenvalue weighted by molar-refractivity contribution is 5.61. The van der Waals surface area contributed by atoms with Crippen molar-refractivity contribution >= 4 is 5.82 Å². The number of nitrogens with one attached hydrogen (secondary N) is 1. The van der Waals surface area contributed by atoms with Gasteiger partial charge in [-0.3, -0.25) is 4.98 Å². The van der Waals surface area contributed by atoms with Crippen LogP contribution in [0.1, 0.15) is 6.92 Å². The minimum absolute atomic E-state index is 0.785. The normalized spacial score (nSPS) is 10.0. The standard InChI is InChI=1S/C13H15N3O/c1-3-15-13-9-14-8-12(16-13)10-5-4-6-11(7-10)17-2/h4-9H,3H2,1-2H3,(H,15,16). The Hall–Kier alpha value is -2.10. The number of ether oxygens (including phenoxy) is 1. The van der Waals surface area contributed by atoms with Gasteiger partial charge in [0.15, 0.2) is 0 Å². The number of methoxy groups -OCH3 is 1. The minimum atomic E-state index is 0.785. The van der Waals surface area contributed by atoms with Crippen LogP contribution in [0.5, 0.6) is 5.75 Å². The SMILES string of the molecule is CCNc1cncc(-c2cccc(OC)c2)n1. The van der Waals surface area contributed by atoms with Gasteiger partial charge < -0.3 is 10.1 Å². The lowest BCUT2D eigenvalue weighted by molar-refractivity contribution is 0.415. The van der Waals surface area contributed by atoms with Gasteiger partial charge >= 0.3 is 0 Å². The van der Waals surface area contributed by atoms with E-state index in [-0.39, 0.29) is 0 Å². The van der Waals surface area contributed by atoms with Gasteiger partial charge in [0.05, 0.1) is 25.2 Å². The maximum Gasteiger partial charge on any atom is 0.145 e. The predicted octanol–water partition coefficient (Wildman–Crippen LogP) is 2.58. The van der Waals surface area contributed by atoms with Crippen molar-refractivity contribution in [2.45, 2.75) is 6.92 Å². The average Bonchev–Trinajstić information content (AvgIpc) is 2.40. The van der Waals surface area contributed by atoms with E-state index >= 15 is 0 Å². The number of anilines is 1. The van der Waals surface area contributed by atoms with Crippen molar-refractivity contribution in [1.82, 2.24) is 9.97 Å². The number of hydrogen-bond acceptors (Lipinski definition) is 4. The average molecular weight is 229 g/mol. The molecule has 1 aromatic heterocycles. The molecule has 2 aromatic rings. The fourth-order valence-corrected chi connectivity index (χ4v) is 1.55. The van der Waals surface area contributed by atoms with Crippen LogP contribution in [0.25, 0.3) is 11.3 Å². The summed E-state index contributed by atoms with van der Waals surface area (Å²) < 4.78 is 5.19. The predicted molar refractivity (Wildman–Crippen MR) is 68.2 cm³/mol. The van der Waals surface area contributed by atoms with Gasteiger partial charge in [-0.1, -0.05) is 12.1 Å². The second-order valence-corrected chi connectivity index (χ2v) is 3.55. The van der Waals surface area contributed by atoms with Crippen LogP contribution < -0.4 is 10.1 Å². The highest BCUT2D eigenvalue weighted by atomic mass is 16.5. The van der Waals surface area contributed by atoms with E-state index < -0.39 is 0 Å². The Morgan fingerprint density at radius 2 is 2.18 bits per heavy atom. The molecule has 0 fully saturated rings. The highest BCUT2D eigenvalue weighted by Gasteiger charge is 2.02. The zero-order chi connectivity index (χ0) is 12.1. The van der Waals surface area contributed by atoms with Gasteiger partial charge in [0, 0.05) is 12.1 Å². The van der Waals surface area contributed by atoms with Crippen molar-refractivity contribution in [3.63, 3.8) is 0 Å². The summed E-state index contributed by atoms with van der Waals surface area (Å²) in [5.74, 6) is 1.60. The Kier molecular flexibility index (Phi) is 3.55. The maximum absolute atomic E-state index is 5.19. The molecule has 0 unspecified atom stereocenters. The van der Waals surface area contributed by atoms with Gasteiger partial charge in [-0.05, 0) is 19.1 Å². The monoisotopic (exact) mass is 229 g/mol. The molecule has 2 rings (SSSR count). The van der Waals surface area contributed by atoms with E-state index in [0.717, 1.165) is 29.4 Å². The largest absolute Gasteiger partial charge is 0.497 e. The van der Waals surface area contributed by atoms with Crippen molar-refractivity contribution in [3.8, 4) is 17.0 Å². The number of rotatable bonds is 4. The van der Waals surface area contributed by atoms with Crippen LogP contribution in [-0.4, -0.2) is 23.6 Å². The molecule has 0 amide bonds. The van der Waals surface area contributed by atoms with Gasteiger partial charge in [0.2, 0.25) is 0 Å². The third-order valence-corrected chi connectivity index (χ3v) is 2.36. The molecule has 0 spiro atoms. The molecule has 0 bridgehead atoms. The lowest BCUT2D eigenvalue weighted by atomic mass is 10.1. The molecule has 0 aliphatic carbocycles. The van der Waals surface area contributed by atoms with Crippen molar-refractivity contribution < 1.29 is 4.74 Å². The molecule has 1 aromatic carbocycles. The molecule has 0 saturated carbocycles. The Morgan fingerprint density at radius 1 is 1.29 bits per heavy atom. The number of aromatic nitrogens is 2. The van der Waals surface area contributed by atoms with Crippen LogP contribution in [0.3, 0.4) is 0 Å². The van der Waals surface area contributed by atoms with Gasteiger partial charge in [0.25, 0.3) is 0 Å². The summed E-state index contributed by atoms with van der Waals surface area (Å²) in [5, 5.41) is 3.14. The van der Waals surface area contributed by atoms with Crippen LogP contribution >= 0.6 is 0 Å². The smallest absolute Gasteiger partial charge is 0.145 e. The van der Waals surface area contributed by atoms with Crippen molar-refractivity contribution in [2.75, 3.05) is 19.0 Å². The first-order chi connectivity index (χ1) is 8.33. The summed E-state index contributed by atoms with van der Waals surface area (Å²) in [5.41, 5.74) is 1.83. The van der Waals surface area contributed by atoms with E-state index in [2.05, 4.69) is 15.3 Å². The van der Waals surface area contributed by atoms with E-state index in [0.29, 0.717) is 0 Å². The number of nitrogens with zero attached hydrogens (tertiary/aromatic N) is 2. The Morgan fingerprint density at radius 3 is 2.94 bits per heavy atom. The Balaban J connectivity index is 2.34. The Labute approximate surface area is 101 Å². The summed E-state index contributed by atoms with van der Waals surface area (Å²) in [4.78, 5) is 8.65. The van der Waals surface area contributed by atoms with Gasteiger partial charge in [-0.15, -0.1) is 0 Å². The van der Waals surface area contributed by atoms with Crippen molar-refractivity contribution in [1.29, 1.82) is 0 Å². The van der Waals surface area contributed by atoms with Crippen LogP contribution in [-0.2, 0) is 0 Å². The molecule has 17 heavy (non-hydrogen) atoms. The number of benzene rings is 1. The minimum Gasteiger partial charge on any atom is -0.497 e. The van der Waals surface area contributed by atoms with Gasteiger partial charge in [-0.2, -0.15) is 0 Å². The van der Waals surface area contributed by atoms with E-state index in [1.165, 1.54) is 0 Å². The second-order valence-electron chi connectivity index (χ2n) is 3.55. The quantitative estimate of drug-likeness (QED) is 0.875. The molecule has 4 nitrogen and oxygen atoms in total. The molecule has 1 N–H and O–H groups in total. The topological polar surface area (TPSA) is 47.0 Å². The third kappa shape index (κ3) is 2.72. The first-order valence-corrected chi connectivity index (χ1v) is 5.54. The van der Waals surface area contributed by atoms with Crippen LogP contribution in [0.2, 0.25) is 0 Å². The van der Waals surface area contributed by atoms with Crippen molar-refractivity contribution in [3.05, 3.63) is 36.7 Å². The van der Waals surface area contributed by atoms with Crippen LogP contribution in [0.15, 0.2) is 36.7 Å². The fourth-order valence-electron chi connectivity index (χ4n) is 1.55. The van der Waals surface area contributed by atoms with E-state index in [4.69, 9.17) is 4.74 Å². The summed E-state index contributed by atoms with van der Waals surface area (Å²) in [6.07, 6.45) is 3.46. The molecule has 0 saturated heterocycles. The van der Waals surface area contributed by atoms with Crippen molar-refractivity contribution in [2.24, 2.45) is 0 Å². The third-order valence-electron chi connectivity index (χ3n) is 2.36. The molecule has 88 valence electrons. The molecule has 0 atom stereocenters. The summed E-state index contributed by atoms with van der Waals surface area (Å²) in [6, 6.07) is 7.78. The second kappa shape index (κ2) is 5.30. The summed E-state index contributed by atoms with van der Waals surface area (Å²) >= 11 is 0. The van der Waals surface area contributed by atoms with Gasteiger partial charge in [-0.25, -0.2) is 4.98 Å². The molecule has 0 aliphatic heterocycles. The lowest BCUT2D eigenvalue weighted by Crippen LogP contribution is -2.00. The lowest BCUT2D eigenvalue weighted by Gasteiger charge is -2.06. The van der Waals surface area contributed by atoms with E-state index in [1.807, 2.05) is 31.2 Å². The van der Waals surface area contributed by atoms with E-state index in [1.54, 1.807) is 19.5 Å². The highest BCUT2D eigenvalue weighted by Crippen LogP contribution is 2.22. The van der Waals surface area contributed by atoms with Crippen LogP contribution in [0, 0.1) is 0 Å². The van der Waals surface area contributed by atoms with Crippen LogP contribution in [0.4, 0.5) is 5.82 Å². The molecule has 0 radical (unpaired) electrons. The molecular formula is C13H15N3O. The first kappa shape index (κ1) is 11.4. The Bertz CT molecular complexity index is 500. The van der Waals surface area contributed by atoms with E-state index in [9.17, 15) is 0 Å². The maximum atomic E-state index is 5.19. The molecule has 0 aliphatic rings. The molecule has 1 heterocycles. The molecular weight excluding hydrogens is 214 g/mol. The summed E-state index contributed by atoms with van der Waals surface area (Å²) in [6.45, 7) is 2.86. The molecule has 4 heteroatoms. The van der Waals surface area contributed by atoms with Gasteiger partial charge in [0.1, 0.15) is 11.6 Å². The fraction of sp³-hybridized carbons (Fsp3) is 0.231. The zero-order valence-corrected chi connectivity index (χ0v) is 9.97. The zero-order valence-electron chi connectivity index (χ0n) is 9.97. The summed E-state index contributed by atoms with van der Waals surface area (Å²) in [7, 11) is 1.65. The first-order valence-electron chi connectivity index (χ1n) is 5.54. The number of hydrogen-bond donors (Lipinski definition) is 1.